The van der Waals surface area contributed by atoms with Crippen LogP contribution in [0.1, 0.15) is 0 Å². The lowest BCUT2D eigenvalue weighted by atomic mass is 10.00. The second-order valence-corrected chi connectivity index (χ2v) is 12.8. The molecule has 0 aliphatic heterocycles. The molecule has 4 heteroatoms. The molecule has 2 heterocycles. The van der Waals surface area contributed by atoms with Gasteiger partial charge in [-0.1, -0.05) is 127 Å². The van der Waals surface area contributed by atoms with Gasteiger partial charge in [0.1, 0.15) is 5.52 Å². The van der Waals surface area contributed by atoms with Crippen LogP contribution in [0.2, 0.25) is 0 Å². The Morgan fingerprint density at radius 3 is 1.69 bits per heavy atom. The Labute approximate surface area is 295 Å². The Hall–Kier alpha value is -6.91. The maximum atomic E-state index is 6.50. The van der Waals surface area contributed by atoms with E-state index in [1.54, 1.807) is 0 Å². The first kappa shape index (κ1) is 29.0. The van der Waals surface area contributed by atoms with Gasteiger partial charge in [-0.25, -0.2) is 4.98 Å². The average Bonchev–Trinajstić information content (AvgIpc) is 3.79. The van der Waals surface area contributed by atoms with E-state index in [1.807, 2.05) is 30.3 Å². The Morgan fingerprint density at radius 2 is 1.00 bits per heavy atom. The third-order valence-electron chi connectivity index (χ3n) is 9.81. The van der Waals surface area contributed by atoms with E-state index in [9.17, 15) is 0 Å². The van der Waals surface area contributed by atoms with Crippen molar-refractivity contribution in [2.75, 3.05) is 4.90 Å². The average molecular weight is 654 g/mol. The summed E-state index contributed by atoms with van der Waals surface area (Å²) in [5.74, 6) is 0.611. The summed E-state index contributed by atoms with van der Waals surface area (Å²) in [4.78, 5) is 7.42. The van der Waals surface area contributed by atoms with Gasteiger partial charge in [0, 0.05) is 44.0 Å². The molecule has 0 aliphatic rings. The summed E-state index contributed by atoms with van der Waals surface area (Å²) in [6, 6.07) is 66.2. The minimum atomic E-state index is 0.611. The first-order valence-corrected chi connectivity index (χ1v) is 17.2. The summed E-state index contributed by atoms with van der Waals surface area (Å²) < 4.78 is 8.86. The van der Waals surface area contributed by atoms with E-state index >= 15 is 0 Å². The van der Waals surface area contributed by atoms with Gasteiger partial charge in [-0.15, -0.1) is 0 Å². The van der Waals surface area contributed by atoms with Crippen LogP contribution in [0.3, 0.4) is 0 Å². The Bertz CT molecular complexity index is 2800. The van der Waals surface area contributed by atoms with Crippen LogP contribution in [-0.4, -0.2) is 9.55 Å². The van der Waals surface area contributed by atoms with Crippen molar-refractivity contribution in [3.8, 4) is 28.3 Å². The van der Waals surface area contributed by atoms with Crippen LogP contribution in [0.5, 0.6) is 0 Å². The summed E-state index contributed by atoms with van der Waals surface area (Å²) in [5, 5.41) is 4.59. The first-order chi connectivity index (χ1) is 25.3. The molecule has 0 amide bonds. The topological polar surface area (TPSA) is 34.2 Å². The van der Waals surface area contributed by atoms with Crippen molar-refractivity contribution in [3.63, 3.8) is 0 Å². The van der Waals surface area contributed by atoms with Crippen molar-refractivity contribution in [3.05, 3.63) is 188 Å². The molecule has 0 aliphatic carbocycles. The van der Waals surface area contributed by atoms with Crippen LogP contribution in [0.25, 0.3) is 71.9 Å². The SMILES string of the molecule is c1ccc(-c2nc3cc(N(c4ccc(-n5c6ccccc6c6ccccc65)cc4)c4ccccc4-c4ccccc4)c4ccccc4c3o2)cc1. The zero-order valence-corrected chi connectivity index (χ0v) is 27.6. The molecule has 0 saturated heterocycles. The number of hydrogen-bond donors (Lipinski definition) is 0. The van der Waals surface area contributed by atoms with Gasteiger partial charge in [0.05, 0.1) is 22.4 Å². The van der Waals surface area contributed by atoms with Gasteiger partial charge in [-0.3, -0.25) is 0 Å². The van der Waals surface area contributed by atoms with Crippen LogP contribution in [0.4, 0.5) is 17.1 Å². The number of rotatable bonds is 6. The molecular formula is C47H31N3O. The number of hydrogen-bond acceptors (Lipinski definition) is 3. The standard InChI is InChI=1S/C47H31N3O/c1-3-15-32(16-4-1)36-19-9-12-24-42(36)50(35-29-27-34(28-30-35)49-43-25-13-10-20-37(43)38-21-11-14-26-44(38)49)45-31-41-46(40-23-8-7-22-39(40)45)51-47(48-41)33-17-5-2-6-18-33/h1-31H. The van der Waals surface area contributed by atoms with E-state index in [0.29, 0.717) is 5.89 Å². The highest BCUT2D eigenvalue weighted by Crippen LogP contribution is 2.46. The van der Waals surface area contributed by atoms with Gasteiger partial charge < -0.3 is 13.9 Å². The molecule has 10 aromatic rings. The third kappa shape index (κ3) is 4.80. The van der Waals surface area contributed by atoms with E-state index < -0.39 is 0 Å². The molecule has 51 heavy (non-hydrogen) atoms. The van der Waals surface area contributed by atoms with Crippen LogP contribution < -0.4 is 4.90 Å². The van der Waals surface area contributed by atoms with Crippen molar-refractivity contribution in [1.82, 2.24) is 9.55 Å². The van der Waals surface area contributed by atoms with Crippen LogP contribution in [-0.2, 0) is 0 Å². The number of benzene rings is 8. The van der Waals surface area contributed by atoms with Crippen molar-refractivity contribution in [2.24, 2.45) is 0 Å². The van der Waals surface area contributed by atoms with Crippen molar-refractivity contribution in [2.45, 2.75) is 0 Å². The van der Waals surface area contributed by atoms with Gasteiger partial charge in [-0.05, 0) is 66.2 Å². The predicted molar refractivity (Wildman–Crippen MR) is 211 cm³/mol. The molecule has 0 bridgehead atoms. The monoisotopic (exact) mass is 653 g/mol. The highest BCUT2D eigenvalue weighted by atomic mass is 16.3. The van der Waals surface area contributed by atoms with Crippen molar-refractivity contribution in [1.29, 1.82) is 0 Å². The van der Waals surface area contributed by atoms with Gasteiger partial charge in [0.25, 0.3) is 0 Å². The number of oxazole rings is 1. The Balaban J connectivity index is 1.21. The molecule has 0 N–H and O–H groups in total. The van der Waals surface area contributed by atoms with E-state index in [0.717, 1.165) is 61.3 Å². The molecule has 0 atom stereocenters. The molecule has 0 radical (unpaired) electrons. The molecule has 4 nitrogen and oxygen atoms in total. The lowest BCUT2D eigenvalue weighted by Gasteiger charge is -2.29. The lowest BCUT2D eigenvalue weighted by molar-refractivity contribution is 0.623. The maximum absolute atomic E-state index is 6.50. The summed E-state index contributed by atoms with van der Waals surface area (Å²) in [6.45, 7) is 0. The normalized spacial score (nSPS) is 11.5. The summed E-state index contributed by atoms with van der Waals surface area (Å²) in [6.07, 6.45) is 0. The molecule has 0 unspecified atom stereocenters. The van der Waals surface area contributed by atoms with Gasteiger partial charge in [0.2, 0.25) is 5.89 Å². The Morgan fingerprint density at radius 1 is 0.451 bits per heavy atom. The zero-order valence-electron chi connectivity index (χ0n) is 27.6. The molecule has 10 rings (SSSR count). The van der Waals surface area contributed by atoms with E-state index in [2.05, 4.69) is 167 Å². The summed E-state index contributed by atoms with van der Waals surface area (Å²) >= 11 is 0. The highest BCUT2D eigenvalue weighted by Gasteiger charge is 2.23. The van der Waals surface area contributed by atoms with Crippen LogP contribution in [0, 0.1) is 0 Å². The largest absolute Gasteiger partial charge is 0.435 e. The van der Waals surface area contributed by atoms with Crippen LogP contribution in [0.15, 0.2) is 192 Å². The molecule has 240 valence electrons. The highest BCUT2D eigenvalue weighted by molar-refractivity contribution is 6.13. The van der Waals surface area contributed by atoms with Gasteiger partial charge in [-0.2, -0.15) is 0 Å². The van der Waals surface area contributed by atoms with Crippen LogP contribution >= 0.6 is 0 Å². The van der Waals surface area contributed by atoms with Gasteiger partial charge >= 0.3 is 0 Å². The molecular weight excluding hydrogens is 623 g/mol. The minimum Gasteiger partial charge on any atom is -0.435 e. The Kier molecular flexibility index (Phi) is 6.78. The minimum absolute atomic E-state index is 0.611. The van der Waals surface area contributed by atoms with Gasteiger partial charge in [0.15, 0.2) is 5.58 Å². The quantitative estimate of drug-likeness (QED) is 0.179. The second kappa shape index (κ2) is 11.9. The summed E-state index contributed by atoms with van der Waals surface area (Å²) in [7, 11) is 0. The van der Waals surface area contributed by atoms with E-state index in [1.165, 1.54) is 21.8 Å². The fourth-order valence-electron chi connectivity index (χ4n) is 7.51. The summed E-state index contributed by atoms with van der Waals surface area (Å²) in [5.41, 5.74) is 11.5. The van der Waals surface area contributed by atoms with Crippen molar-refractivity contribution >= 4 is 60.7 Å². The van der Waals surface area contributed by atoms with E-state index in [-0.39, 0.29) is 0 Å². The molecule has 0 spiro atoms. The fraction of sp³-hybridized carbons (Fsp3) is 0. The molecule has 8 aromatic carbocycles. The predicted octanol–water partition coefficient (Wildman–Crippen LogP) is 12.9. The number of para-hydroxylation sites is 3. The van der Waals surface area contributed by atoms with Crippen molar-refractivity contribution < 1.29 is 4.42 Å². The zero-order chi connectivity index (χ0) is 33.7. The number of nitrogens with zero attached hydrogens (tertiary/aromatic N) is 3. The third-order valence-corrected chi connectivity index (χ3v) is 9.81. The first-order valence-electron chi connectivity index (χ1n) is 17.2. The molecule has 2 aromatic heterocycles. The number of fused-ring (bicyclic) bond motifs is 6. The van der Waals surface area contributed by atoms with E-state index in [4.69, 9.17) is 9.40 Å². The smallest absolute Gasteiger partial charge is 0.227 e. The lowest BCUT2D eigenvalue weighted by Crippen LogP contribution is -2.12. The number of anilines is 3. The number of aromatic nitrogens is 2. The maximum Gasteiger partial charge on any atom is 0.227 e. The fourth-order valence-corrected chi connectivity index (χ4v) is 7.51. The molecule has 0 fully saturated rings. The second-order valence-electron chi connectivity index (χ2n) is 12.8. The molecule has 0 saturated carbocycles.